The van der Waals surface area contributed by atoms with Crippen molar-refractivity contribution in [2.75, 3.05) is 18.4 Å². The summed E-state index contributed by atoms with van der Waals surface area (Å²) in [4.78, 5) is 34.8. The molecular weight excluding hydrogens is 386 g/mol. The standard InChI is InChI=1S/C19H20F2N4O2S/c1-12-4-8-22-15(11-12)24-16(26)13-5-9-25(10-6-13)18(27)14-3-2-7-23-17(14)28-19(20)21/h2-4,7-8,11,13,19H,5-6,9-10H2,1H3,(H,22,24,26). The Labute approximate surface area is 165 Å². The third kappa shape index (κ3) is 5.03. The average molecular weight is 406 g/mol. The number of aromatic nitrogens is 2. The summed E-state index contributed by atoms with van der Waals surface area (Å²) in [6.45, 7) is 2.68. The normalized spacial score (nSPS) is 14.9. The quantitative estimate of drug-likeness (QED) is 0.768. The lowest BCUT2D eigenvalue weighted by atomic mass is 9.95. The van der Waals surface area contributed by atoms with Crippen molar-refractivity contribution in [3.05, 3.63) is 47.8 Å². The van der Waals surface area contributed by atoms with Crippen LogP contribution in [-0.2, 0) is 4.79 Å². The molecule has 9 heteroatoms. The Morgan fingerprint density at radius 1 is 1.21 bits per heavy atom. The number of piperidine rings is 1. The Morgan fingerprint density at radius 2 is 1.96 bits per heavy atom. The Bertz CT molecular complexity index is 857. The van der Waals surface area contributed by atoms with E-state index >= 15 is 0 Å². The Kier molecular flexibility index (Phi) is 6.56. The Balaban J connectivity index is 1.59. The topological polar surface area (TPSA) is 75.2 Å². The van der Waals surface area contributed by atoms with Crippen LogP contribution < -0.4 is 5.32 Å². The van der Waals surface area contributed by atoms with Gasteiger partial charge in [0.2, 0.25) is 5.91 Å². The predicted octanol–water partition coefficient (Wildman–Crippen LogP) is 3.59. The fourth-order valence-corrected chi connectivity index (χ4v) is 3.65. The van der Waals surface area contributed by atoms with Crippen LogP contribution in [0.3, 0.4) is 0 Å². The van der Waals surface area contributed by atoms with Gasteiger partial charge in [-0.1, -0.05) is 0 Å². The van der Waals surface area contributed by atoms with Crippen LogP contribution in [0.2, 0.25) is 0 Å². The summed E-state index contributed by atoms with van der Waals surface area (Å²) in [5.74, 6) is -2.83. The number of carbonyl (C=O) groups excluding carboxylic acids is 2. The Morgan fingerprint density at radius 3 is 2.64 bits per heavy atom. The van der Waals surface area contributed by atoms with Crippen LogP contribution in [0.25, 0.3) is 0 Å². The molecule has 3 rings (SSSR count). The molecule has 0 saturated carbocycles. The molecule has 6 nitrogen and oxygen atoms in total. The number of likely N-dealkylation sites (tertiary alicyclic amines) is 1. The second-order valence-corrected chi connectivity index (χ2v) is 7.49. The summed E-state index contributed by atoms with van der Waals surface area (Å²) >= 11 is 0.262. The van der Waals surface area contributed by atoms with Crippen molar-refractivity contribution in [2.45, 2.75) is 30.5 Å². The molecule has 1 saturated heterocycles. The molecule has 148 valence electrons. The summed E-state index contributed by atoms with van der Waals surface area (Å²) in [5.41, 5.74) is 1.17. The van der Waals surface area contributed by atoms with Crippen molar-refractivity contribution < 1.29 is 18.4 Å². The predicted molar refractivity (Wildman–Crippen MR) is 102 cm³/mol. The molecular formula is C19H20F2N4O2S. The van der Waals surface area contributed by atoms with Gasteiger partial charge in [-0.05, 0) is 61.4 Å². The molecule has 0 radical (unpaired) electrons. The zero-order chi connectivity index (χ0) is 20.1. The molecule has 1 fully saturated rings. The Hall–Kier alpha value is -2.55. The van der Waals surface area contributed by atoms with E-state index in [9.17, 15) is 18.4 Å². The second-order valence-electron chi connectivity index (χ2n) is 6.51. The molecule has 2 aromatic rings. The monoisotopic (exact) mass is 406 g/mol. The summed E-state index contributed by atoms with van der Waals surface area (Å²) in [7, 11) is 0. The fraction of sp³-hybridized carbons (Fsp3) is 0.368. The van der Waals surface area contributed by atoms with Gasteiger partial charge in [0, 0.05) is 31.4 Å². The van der Waals surface area contributed by atoms with E-state index in [1.165, 1.54) is 12.3 Å². The second kappa shape index (κ2) is 9.09. The molecule has 1 aliphatic rings. The molecule has 0 unspecified atom stereocenters. The van der Waals surface area contributed by atoms with Gasteiger partial charge >= 0.3 is 0 Å². The zero-order valence-electron chi connectivity index (χ0n) is 15.3. The van der Waals surface area contributed by atoms with E-state index in [0.29, 0.717) is 31.7 Å². The van der Waals surface area contributed by atoms with Crippen molar-refractivity contribution in [1.82, 2.24) is 14.9 Å². The molecule has 0 aliphatic carbocycles. The van der Waals surface area contributed by atoms with Crippen molar-refractivity contribution in [3.8, 4) is 0 Å². The molecule has 0 aromatic carbocycles. The van der Waals surface area contributed by atoms with Crippen LogP contribution >= 0.6 is 11.8 Å². The molecule has 1 N–H and O–H groups in total. The van der Waals surface area contributed by atoms with E-state index in [-0.39, 0.29) is 40.1 Å². The number of halogens is 2. The molecule has 0 spiro atoms. The number of hydrogen-bond acceptors (Lipinski definition) is 5. The first-order chi connectivity index (χ1) is 13.4. The summed E-state index contributed by atoms with van der Waals surface area (Å²) < 4.78 is 25.4. The lowest BCUT2D eigenvalue weighted by molar-refractivity contribution is -0.121. The number of carbonyl (C=O) groups is 2. The number of pyridine rings is 2. The van der Waals surface area contributed by atoms with Crippen molar-refractivity contribution in [1.29, 1.82) is 0 Å². The third-order valence-corrected chi connectivity index (χ3v) is 5.25. The highest BCUT2D eigenvalue weighted by Crippen LogP contribution is 2.28. The molecule has 0 atom stereocenters. The molecule has 2 amide bonds. The van der Waals surface area contributed by atoms with E-state index in [0.717, 1.165) is 5.56 Å². The van der Waals surface area contributed by atoms with Crippen molar-refractivity contribution in [2.24, 2.45) is 5.92 Å². The molecule has 3 heterocycles. The van der Waals surface area contributed by atoms with Crippen LogP contribution in [-0.4, -0.2) is 45.5 Å². The van der Waals surface area contributed by atoms with Gasteiger partial charge in [0.05, 0.1) is 5.56 Å². The van der Waals surface area contributed by atoms with Gasteiger partial charge in [-0.3, -0.25) is 9.59 Å². The maximum absolute atomic E-state index is 12.7. The smallest absolute Gasteiger partial charge is 0.290 e. The van der Waals surface area contributed by atoms with Gasteiger partial charge < -0.3 is 10.2 Å². The van der Waals surface area contributed by atoms with E-state index in [1.54, 1.807) is 23.2 Å². The largest absolute Gasteiger partial charge is 0.339 e. The summed E-state index contributed by atoms with van der Waals surface area (Å²) in [6, 6.07) is 6.69. The maximum Gasteiger partial charge on any atom is 0.290 e. The maximum atomic E-state index is 12.7. The average Bonchev–Trinajstić information content (AvgIpc) is 2.67. The number of nitrogens with zero attached hydrogens (tertiary/aromatic N) is 3. The van der Waals surface area contributed by atoms with Crippen LogP contribution in [0.15, 0.2) is 41.7 Å². The van der Waals surface area contributed by atoms with E-state index < -0.39 is 5.76 Å². The molecule has 0 bridgehead atoms. The summed E-state index contributed by atoms with van der Waals surface area (Å²) in [6.07, 6.45) is 4.02. The number of thioether (sulfide) groups is 1. The highest BCUT2D eigenvalue weighted by Gasteiger charge is 2.29. The molecule has 28 heavy (non-hydrogen) atoms. The number of aryl methyl sites for hydroxylation is 1. The fourth-order valence-electron chi connectivity index (χ4n) is 3.08. The number of rotatable bonds is 5. The van der Waals surface area contributed by atoms with Crippen LogP contribution in [0.5, 0.6) is 0 Å². The molecule has 1 aliphatic heterocycles. The number of anilines is 1. The lowest BCUT2D eigenvalue weighted by Crippen LogP contribution is -2.41. The van der Waals surface area contributed by atoms with Gasteiger partial charge in [-0.25, -0.2) is 9.97 Å². The van der Waals surface area contributed by atoms with Gasteiger partial charge in [0.1, 0.15) is 10.8 Å². The first kappa shape index (κ1) is 20.2. The van der Waals surface area contributed by atoms with Crippen LogP contribution in [0.4, 0.5) is 14.6 Å². The minimum Gasteiger partial charge on any atom is -0.339 e. The highest BCUT2D eigenvalue weighted by atomic mass is 32.2. The first-order valence-electron chi connectivity index (χ1n) is 8.86. The van der Waals surface area contributed by atoms with Crippen molar-refractivity contribution in [3.63, 3.8) is 0 Å². The molecule has 2 aromatic heterocycles. The number of amides is 2. The van der Waals surface area contributed by atoms with Gasteiger partial charge in [-0.15, -0.1) is 0 Å². The van der Waals surface area contributed by atoms with Crippen molar-refractivity contribution >= 4 is 29.4 Å². The van der Waals surface area contributed by atoms with Crippen LogP contribution in [0.1, 0.15) is 28.8 Å². The van der Waals surface area contributed by atoms with Gasteiger partial charge in [0.25, 0.3) is 11.7 Å². The zero-order valence-corrected chi connectivity index (χ0v) is 16.1. The van der Waals surface area contributed by atoms with Gasteiger partial charge in [0.15, 0.2) is 0 Å². The van der Waals surface area contributed by atoms with Crippen LogP contribution in [0, 0.1) is 12.8 Å². The first-order valence-corrected chi connectivity index (χ1v) is 9.74. The number of nitrogens with one attached hydrogen (secondary N) is 1. The van der Waals surface area contributed by atoms with E-state index in [4.69, 9.17) is 0 Å². The highest BCUT2D eigenvalue weighted by molar-refractivity contribution is 7.99. The third-order valence-electron chi connectivity index (χ3n) is 4.52. The minimum atomic E-state index is -2.65. The van der Waals surface area contributed by atoms with E-state index in [1.807, 2.05) is 13.0 Å². The minimum absolute atomic E-state index is 0.0212. The van der Waals surface area contributed by atoms with E-state index in [2.05, 4.69) is 15.3 Å². The summed E-state index contributed by atoms with van der Waals surface area (Å²) in [5, 5.41) is 2.83. The lowest BCUT2D eigenvalue weighted by Gasteiger charge is -2.31. The SMILES string of the molecule is Cc1ccnc(NC(=O)C2CCN(C(=O)c3cccnc3SC(F)F)CC2)c1. The number of hydrogen-bond donors (Lipinski definition) is 1. The number of alkyl halides is 2. The van der Waals surface area contributed by atoms with Gasteiger partial charge in [-0.2, -0.15) is 8.78 Å².